The van der Waals surface area contributed by atoms with Crippen LogP contribution in [0.1, 0.15) is 12.5 Å². The first-order valence-electron chi connectivity index (χ1n) is 4.77. The minimum absolute atomic E-state index is 0.263. The first kappa shape index (κ1) is 9.96. The Morgan fingerprint density at radius 2 is 2.40 bits per heavy atom. The summed E-state index contributed by atoms with van der Waals surface area (Å²) in [6, 6.07) is 6.36. The Kier molecular flexibility index (Phi) is 2.34. The Hall–Kier alpha value is -1.58. The number of hydrogen-bond acceptors (Lipinski definition) is 2. The average molecular weight is 209 g/mol. The van der Waals surface area contributed by atoms with Crippen LogP contribution in [0.25, 0.3) is 0 Å². The zero-order valence-corrected chi connectivity index (χ0v) is 8.42. The largest absolute Gasteiger partial charge is 0.447 e. The Labute approximate surface area is 87.2 Å². The van der Waals surface area contributed by atoms with Crippen molar-refractivity contribution < 1.29 is 13.9 Å². The Morgan fingerprint density at radius 3 is 3.00 bits per heavy atom. The summed E-state index contributed by atoms with van der Waals surface area (Å²) < 4.78 is 17.8. The number of hydrogen-bond donors (Lipinski definition) is 1. The molecule has 4 heteroatoms. The summed E-state index contributed by atoms with van der Waals surface area (Å²) in [5.41, 5.74) is 0.425. The molecular weight excluding hydrogens is 197 g/mol. The van der Waals surface area contributed by atoms with Crippen LogP contribution in [0.3, 0.4) is 0 Å². The van der Waals surface area contributed by atoms with Gasteiger partial charge in [-0.05, 0) is 31.0 Å². The molecule has 1 aliphatic heterocycles. The van der Waals surface area contributed by atoms with E-state index in [0.717, 1.165) is 5.56 Å². The van der Waals surface area contributed by atoms with Crippen molar-refractivity contribution >= 4 is 6.09 Å². The summed E-state index contributed by atoms with van der Waals surface area (Å²) in [5, 5.41) is 2.71. The van der Waals surface area contributed by atoms with E-state index in [0.29, 0.717) is 13.0 Å². The molecule has 1 aromatic carbocycles. The highest BCUT2D eigenvalue weighted by Gasteiger charge is 2.34. The summed E-state index contributed by atoms with van der Waals surface area (Å²) in [6.45, 7) is 2.20. The van der Waals surface area contributed by atoms with Gasteiger partial charge in [-0.15, -0.1) is 0 Å². The van der Waals surface area contributed by atoms with Gasteiger partial charge in [0.25, 0.3) is 0 Å². The highest BCUT2D eigenvalue weighted by atomic mass is 19.1. The molecule has 0 aliphatic carbocycles. The summed E-state index contributed by atoms with van der Waals surface area (Å²) >= 11 is 0. The number of alkyl carbamates (subject to hydrolysis) is 1. The summed E-state index contributed by atoms with van der Waals surface area (Å²) in [7, 11) is 0. The van der Waals surface area contributed by atoms with Crippen LogP contribution >= 0.6 is 0 Å². The normalized spacial score (nSPS) is 24.8. The fraction of sp³-hybridized carbons (Fsp3) is 0.364. The summed E-state index contributed by atoms with van der Waals surface area (Å²) in [4.78, 5) is 10.9. The topological polar surface area (TPSA) is 38.3 Å². The molecule has 0 aromatic heterocycles. The highest BCUT2D eigenvalue weighted by Crippen LogP contribution is 2.18. The van der Waals surface area contributed by atoms with Crippen molar-refractivity contribution in [3.05, 3.63) is 35.6 Å². The van der Waals surface area contributed by atoms with Gasteiger partial charge in [0.05, 0.1) is 5.54 Å². The van der Waals surface area contributed by atoms with Gasteiger partial charge in [0.15, 0.2) is 0 Å². The third-order valence-electron chi connectivity index (χ3n) is 2.41. The first-order chi connectivity index (χ1) is 7.07. The van der Waals surface area contributed by atoms with Gasteiger partial charge in [0.1, 0.15) is 12.4 Å². The smallest absolute Gasteiger partial charge is 0.407 e. The van der Waals surface area contributed by atoms with E-state index in [9.17, 15) is 9.18 Å². The second kappa shape index (κ2) is 3.53. The molecule has 1 N–H and O–H groups in total. The van der Waals surface area contributed by atoms with E-state index in [2.05, 4.69) is 5.32 Å². The number of cyclic esters (lactones) is 1. The Bertz CT molecular complexity index is 394. The van der Waals surface area contributed by atoms with Crippen molar-refractivity contribution in [1.29, 1.82) is 0 Å². The lowest BCUT2D eigenvalue weighted by atomic mass is 9.94. The number of halogens is 1. The number of nitrogens with one attached hydrogen (secondary N) is 1. The molecule has 0 spiro atoms. The van der Waals surface area contributed by atoms with Crippen LogP contribution < -0.4 is 5.32 Å². The predicted molar refractivity (Wildman–Crippen MR) is 53.0 cm³/mol. The molecule has 1 aliphatic rings. The molecule has 0 radical (unpaired) electrons. The second-order valence-corrected chi connectivity index (χ2v) is 4.07. The molecular formula is C11H12FNO2. The number of amides is 1. The number of ether oxygens (including phenoxy) is 1. The van der Waals surface area contributed by atoms with Gasteiger partial charge >= 0.3 is 6.09 Å². The molecule has 1 unspecified atom stereocenters. The fourth-order valence-electron chi connectivity index (χ4n) is 1.74. The van der Waals surface area contributed by atoms with Crippen LogP contribution in [0.2, 0.25) is 0 Å². The molecule has 1 fully saturated rings. The van der Waals surface area contributed by atoms with Gasteiger partial charge in [-0.3, -0.25) is 0 Å². The van der Waals surface area contributed by atoms with Crippen LogP contribution in [0.5, 0.6) is 0 Å². The molecule has 1 heterocycles. The minimum Gasteiger partial charge on any atom is -0.447 e. The first-order valence-corrected chi connectivity index (χ1v) is 4.77. The van der Waals surface area contributed by atoms with E-state index in [1.807, 2.05) is 13.0 Å². The van der Waals surface area contributed by atoms with Crippen LogP contribution in [0.4, 0.5) is 9.18 Å². The summed E-state index contributed by atoms with van der Waals surface area (Å²) in [5.74, 6) is -0.263. The number of rotatable bonds is 2. The molecule has 1 aromatic rings. The van der Waals surface area contributed by atoms with Crippen molar-refractivity contribution in [2.24, 2.45) is 0 Å². The molecule has 1 saturated heterocycles. The standard InChI is InChI=1S/C11H12FNO2/c1-11(7-15-10(14)13-11)6-8-3-2-4-9(12)5-8/h2-5H,6-7H2,1H3,(H,13,14). The van der Waals surface area contributed by atoms with Crippen LogP contribution in [-0.2, 0) is 11.2 Å². The fourth-order valence-corrected chi connectivity index (χ4v) is 1.74. The maximum Gasteiger partial charge on any atom is 0.407 e. The minimum atomic E-state index is -0.426. The quantitative estimate of drug-likeness (QED) is 0.807. The van der Waals surface area contributed by atoms with Crippen molar-refractivity contribution in [2.45, 2.75) is 18.9 Å². The highest BCUT2D eigenvalue weighted by molar-refractivity contribution is 5.70. The zero-order valence-electron chi connectivity index (χ0n) is 8.42. The van der Waals surface area contributed by atoms with Gasteiger partial charge < -0.3 is 10.1 Å². The van der Waals surface area contributed by atoms with E-state index in [1.54, 1.807) is 6.07 Å². The molecule has 1 atom stereocenters. The predicted octanol–water partition coefficient (Wildman–Crippen LogP) is 1.87. The molecule has 0 bridgehead atoms. The lowest BCUT2D eigenvalue weighted by Crippen LogP contribution is -2.42. The van der Waals surface area contributed by atoms with E-state index in [1.165, 1.54) is 12.1 Å². The van der Waals surface area contributed by atoms with Crippen molar-refractivity contribution in [2.75, 3.05) is 6.61 Å². The number of carbonyl (C=O) groups is 1. The van der Waals surface area contributed by atoms with Gasteiger partial charge in [-0.2, -0.15) is 0 Å². The molecule has 80 valence electrons. The van der Waals surface area contributed by atoms with Crippen LogP contribution in [0, 0.1) is 5.82 Å². The third kappa shape index (κ3) is 2.26. The Balaban J connectivity index is 2.11. The second-order valence-electron chi connectivity index (χ2n) is 4.07. The lowest BCUT2D eigenvalue weighted by Gasteiger charge is -2.20. The maximum absolute atomic E-state index is 12.9. The molecule has 1 amide bonds. The molecule has 0 saturated carbocycles. The van der Waals surface area contributed by atoms with Crippen LogP contribution in [0.15, 0.2) is 24.3 Å². The maximum atomic E-state index is 12.9. The SMILES string of the molecule is CC1(Cc2cccc(F)c2)COC(=O)N1. The molecule has 15 heavy (non-hydrogen) atoms. The van der Waals surface area contributed by atoms with Gasteiger partial charge in [0.2, 0.25) is 0 Å². The van der Waals surface area contributed by atoms with Crippen molar-refractivity contribution in [1.82, 2.24) is 5.32 Å². The van der Waals surface area contributed by atoms with E-state index < -0.39 is 11.6 Å². The Morgan fingerprint density at radius 1 is 1.60 bits per heavy atom. The van der Waals surface area contributed by atoms with E-state index >= 15 is 0 Å². The summed E-state index contributed by atoms with van der Waals surface area (Å²) in [6.07, 6.45) is 0.158. The van der Waals surface area contributed by atoms with Crippen LogP contribution in [-0.4, -0.2) is 18.2 Å². The van der Waals surface area contributed by atoms with E-state index in [4.69, 9.17) is 4.74 Å². The molecule has 2 rings (SSSR count). The third-order valence-corrected chi connectivity index (χ3v) is 2.41. The number of benzene rings is 1. The lowest BCUT2D eigenvalue weighted by molar-refractivity contribution is 0.173. The van der Waals surface area contributed by atoms with Crippen molar-refractivity contribution in [3.63, 3.8) is 0 Å². The average Bonchev–Trinajstić information content (AvgIpc) is 2.45. The van der Waals surface area contributed by atoms with Gasteiger partial charge in [-0.25, -0.2) is 9.18 Å². The van der Waals surface area contributed by atoms with Crippen molar-refractivity contribution in [3.8, 4) is 0 Å². The monoisotopic (exact) mass is 209 g/mol. The van der Waals surface area contributed by atoms with Gasteiger partial charge in [-0.1, -0.05) is 12.1 Å². The number of carbonyl (C=O) groups excluding carboxylic acids is 1. The van der Waals surface area contributed by atoms with E-state index in [-0.39, 0.29) is 5.82 Å². The van der Waals surface area contributed by atoms with Gasteiger partial charge in [0, 0.05) is 0 Å². The molecule has 3 nitrogen and oxygen atoms in total. The zero-order chi connectivity index (χ0) is 10.9.